The summed E-state index contributed by atoms with van der Waals surface area (Å²) in [6.07, 6.45) is 1.28. The number of aryl methyl sites for hydroxylation is 1. The van der Waals surface area contributed by atoms with Crippen molar-refractivity contribution < 1.29 is 19.4 Å². The van der Waals surface area contributed by atoms with Gasteiger partial charge in [0.2, 0.25) is 0 Å². The smallest absolute Gasteiger partial charge is 0.329 e. The molecule has 8 heteroatoms. The Balaban J connectivity index is 1.97. The van der Waals surface area contributed by atoms with Gasteiger partial charge < -0.3 is 15.2 Å². The normalized spacial score (nSPS) is 10.6. The molecule has 0 aromatic heterocycles. The SMILES string of the molecule is CCOc1cc(/C=N\NC(=O)C(=O)Nc2ccc(C)cc2)cc(Cl)c1O. The highest BCUT2D eigenvalue weighted by atomic mass is 35.5. The molecular weight excluding hydrogens is 358 g/mol. The van der Waals surface area contributed by atoms with Gasteiger partial charge in [-0.15, -0.1) is 0 Å². The molecule has 3 N–H and O–H groups in total. The summed E-state index contributed by atoms with van der Waals surface area (Å²) < 4.78 is 5.25. The third-order valence-electron chi connectivity index (χ3n) is 3.25. The van der Waals surface area contributed by atoms with Crippen LogP contribution in [0.15, 0.2) is 41.5 Å². The van der Waals surface area contributed by atoms with Gasteiger partial charge in [0, 0.05) is 5.69 Å². The second-order valence-corrected chi connectivity index (χ2v) is 5.71. The van der Waals surface area contributed by atoms with Crippen molar-refractivity contribution in [2.75, 3.05) is 11.9 Å². The number of ether oxygens (including phenoxy) is 1. The van der Waals surface area contributed by atoms with Crippen LogP contribution in [-0.2, 0) is 9.59 Å². The summed E-state index contributed by atoms with van der Waals surface area (Å²) in [6.45, 7) is 4.03. The number of hydrogen-bond donors (Lipinski definition) is 3. The quantitative estimate of drug-likeness (QED) is 0.425. The minimum Gasteiger partial charge on any atom is -0.503 e. The summed E-state index contributed by atoms with van der Waals surface area (Å²) in [5.41, 5.74) is 4.15. The lowest BCUT2D eigenvalue weighted by Crippen LogP contribution is -2.32. The molecule has 0 atom stereocenters. The number of aromatic hydroxyl groups is 1. The molecule has 0 aliphatic heterocycles. The van der Waals surface area contributed by atoms with Gasteiger partial charge in [-0.1, -0.05) is 29.3 Å². The third kappa shape index (κ3) is 5.22. The number of anilines is 1. The Hall–Kier alpha value is -3.06. The predicted molar refractivity (Wildman–Crippen MR) is 99.8 cm³/mol. The van der Waals surface area contributed by atoms with Crippen LogP contribution in [-0.4, -0.2) is 29.7 Å². The molecule has 0 bridgehead atoms. The number of phenolic OH excluding ortho intramolecular Hbond substituents is 1. The van der Waals surface area contributed by atoms with Crippen LogP contribution in [0.1, 0.15) is 18.1 Å². The average Bonchev–Trinajstić information content (AvgIpc) is 2.61. The van der Waals surface area contributed by atoms with Gasteiger partial charge in [-0.2, -0.15) is 5.10 Å². The van der Waals surface area contributed by atoms with E-state index < -0.39 is 11.8 Å². The van der Waals surface area contributed by atoms with E-state index in [0.717, 1.165) is 5.56 Å². The number of halogens is 1. The van der Waals surface area contributed by atoms with Crippen LogP contribution in [0.25, 0.3) is 0 Å². The van der Waals surface area contributed by atoms with Crippen molar-refractivity contribution in [3.05, 3.63) is 52.5 Å². The predicted octanol–water partition coefficient (Wildman–Crippen LogP) is 2.84. The Morgan fingerprint density at radius 2 is 1.92 bits per heavy atom. The highest BCUT2D eigenvalue weighted by molar-refractivity contribution is 6.39. The molecule has 0 saturated heterocycles. The number of carbonyl (C=O) groups is 2. The third-order valence-corrected chi connectivity index (χ3v) is 3.53. The van der Waals surface area contributed by atoms with Gasteiger partial charge >= 0.3 is 11.8 Å². The molecule has 0 unspecified atom stereocenters. The first kappa shape index (κ1) is 19.3. The van der Waals surface area contributed by atoms with Crippen molar-refractivity contribution >= 4 is 35.3 Å². The Labute approximate surface area is 155 Å². The van der Waals surface area contributed by atoms with E-state index in [1.54, 1.807) is 19.1 Å². The van der Waals surface area contributed by atoms with E-state index >= 15 is 0 Å². The van der Waals surface area contributed by atoms with Gasteiger partial charge in [-0.25, -0.2) is 5.43 Å². The number of rotatable bonds is 5. The van der Waals surface area contributed by atoms with Gasteiger partial charge in [0.05, 0.1) is 17.8 Å². The number of phenols is 1. The number of amides is 2. The van der Waals surface area contributed by atoms with Gasteiger partial charge in [0.1, 0.15) is 0 Å². The summed E-state index contributed by atoms with van der Waals surface area (Å²) in [4.78, 5) is 23.6. The Morgan fingerprint density at radius 1 is 1.23 bits per heavy atom. The van der Waals surface area contributed by atoms with Crippen molar-refractivity contribution in [2.24, 2.45) is 5.10 Å². The van der Waals surface area contributed by atoms with Crippen molar-refractivity contribution in [3.63, 3.8) is 0 Å². The first-order valence-electron chi connectivity index (χ1n) is 7.77. The summed E-state index contributed by atoms with van der Waals surface area (Å²) in [6, 6.07) is 9.97. The first-order chi connectivity index (χ1) is 12.4. The van der Waals surface area contributed by atoms with E-state index in [4.69, 9.17) is 16.3 Å². The van der Waals surface area contributed by atoms with E-state index in [2.05, 4.69) is 15.8 Å². The maximum atomic E-state index is 11.8. The molecule has 2 rings (SSSR count). The Kier molecular flexibility index (Phi) is 6.57. The molecular formula is C18H18ClN3O4. The minimum absolute atomic E-state index is 0.0841. The van der Waals surface area contributed by atoms with Crippen LogP contribution in [0.5, 0.6) is 11.5 Å². The molecule has 2 aromatic rings. The van der Waals surface area contributed by atoms with Crippen molar-refractivity contribution in [1.82, 2.24) is 5.43 Å². The molecule has 136 valence electrons. The van der Waals surface area contributed by atoms with Crippen LogP contribution < -0.4 is 15.5 Å². The molecule has 0 fully saturated rings. The standard InChI is InChI=1S/C18H18ClN3O4/c1-3-26-15-9-12(8-14(19)16(15)23)10-20-22-18(25)17(24)21-13-6-4-11(2)5-7-13/h4-10,23H,3H2,1-2H3,(H,21,24)(H,22,25)/b20-10-. The molecule has 2 amide bonds. The number of benzene rings is 2. The zero-order valence-electron chi connectivity index (χ0n) is 14.2. The van der Waals surface area contributed by atoms with Crippen LogP contribution in [0.2, 0.25) is 5.02 Å². The maximum Gasteiger partial charge on any atom is 0.329 e. The van der Waals surface area contributed by atoms with E-state index in [9.17, 15) is 14.7 Å². The molecule has 0 radical (unpaired) electrons. The molecule has 0 aliphatic carbocycles. The molecule has 0 heterocycles. The lowest BCUT2D eigenvalue weighted by atomic mass is 10.2. The summed E-state index contributed by atoms with van der Waals surface area (Å²) in [5, 5.41) is 16.0. The number of nitrogens with one attached hydrogen (secondary N) is 2. The van der Waals surface area contributed by atoms with Gasteiger partial charge in [0.15, 0.2) is 11.5 Å². The highest BCUT2D eigenvalue weighted by Gasteiger charge is 2.13. The molecule has 2 aromatic carbocycles. The van der Waals surface area contributed by atoms with Crippen LogP contribution in [0.3, 0.4) is 0 Å². The average molecular weight is 376 g/mol. The number of hydrazone groups is 1. The van der Waals surface area contributed by atoms with Crippen molar-refractivity contribution in [1.29, 1.82) is 0 Å². The number of nitrogens with zero attached hydrogens (tertiary/aromatic N) is 1. The zero-order valence-corrected chi connectivity index (χ0v) is 15.0. The second kappa shape index (κ2) is 8.87. The van der Waals surface area contributed by atoms with Gasteiger partial charge in [-0.3, -0.25) is 9.59 Å². The first-order valence-corrected chi connectivity index (χ1v) is 8.15. The fraction of sp³-hybridized carbons (Fsp3) is 0.167. The molecule has 0 saturated carbocycles. The monoisotopic (exact) mass is 375 g/mol. The van der Waals surface area contributed by atoms with Crippen LogP contribution in [0.4, 0.5) is 5.69 Å². The van der Waals surface area contributed by atoms with Gasteiger partial charge in [-0.05, 0) is 43.7 Å². The lowest BCUT2D eigenvalue weighted by molar-refractivity contribution is -0.136. The van der Waals surface area contributed by atoms with E-state index in [1.165, 1.54) is 18.3 Å². The lowest BCUT2D eigenvalue weighted by Gasteiger charge is -2.08. The van der Waals surface area contributed by atoms with Crippen LogP contribution in [0, 0.1) is 6.92 Å². The number of hydrogen-bond acceptors (Lipinski definition) is 5. The van der Waals surface area contributed by atoms with Crippen molar-refractivity contribution in [2.45, 2.75) is 13.8 Å². The van der Waals surface area contributed by atoms with Gasteiger partial charge in [0.25, 0.3) is 0 Å². The Bertz CT molecular complexity index is 835. The minimum atomic E-state index is -0.920. The van der Waals surface area contributed by atoms with E-state index in [1.807, 2.05) is 19.1 Å². The highest BCUT2D eigenvalue weighted by Crippen LogP contribution is 2.34. The molecule has 0 aliphatic rings. The zero-order chi connectivity index (χ0) is 19.1. The van der Waals surface area contributed by atoms with E-state index in [0.29, 0.717) is 17.9 Å². The second-order valence-electron chi connectivity index (χ2n) is 5.30. The fourth-order valence-corrected chi connectivity index (χ4v) is 2.19. The van der Waals surface area contributed by atoms with Crippen LogP contribution >= 0.6 is 11.6 Å². The summed E-state index contributed by atoms with van der Waals surface area (Å²) in [7, 11) is 0. The largest absolute Gasteiger partial charge is 0.503 e. The molecule has 26 heavy (non-hydrogen) atoms. The number of carbonyl (C=O) groups excluding carboxylic acids is 2. The Morgan fingerprint density at radius 3 is 2.58 bits per heavy atom. The van der Waals surface area contributed by atoms with E-state index in [-0.39, 0.29) is 16.5 Å². The molecule has 7 nitrogen and oxygen atoms in total. The molecule has 0 spiro atoms. The summed E-state index contributed by atoms with van der Waals surface area (Å²) in [5.74, 6) is -1.74. The summed E-state index contributed by atoms with van der Waals surface area (Å²) >= 11 is 5.90. The topological polar surface area (TPSA) is 100 Å². The van der Waals surface area contributed by atoms with Crippen molar-refractivity contribution in [3.8, 4) is 11.5 Å². The fourth-order valence-electron chi connectivity index (χ4n) is 1.97. The maximum absolute atomic E-state index is 11.8.